The highest BCUT2D eigenvalue weighted by Gasteiger charge is 1.84. The summed E-state index contributed by atoms with van der Waals surface area (Å²) in [7, 11) is 1.77. The van der Waals surface area contributed by atoms with Crippen LogP contribution in [-0.2, 0) is 0 Å². The second-order valence-corrected chi connectivity index (χ2v) is 3.33. The molecule has 11 heavy (non-hydrogen) atoms. The summed E-state index contributed by atoms with van der Waals surface area (Å²) in [5.74, 6) is 0. The molecule has 0 amide bonds. The lowest BCUT2D eigenvalue weighted by Gasteiger charge is -1.93. The molecule has 0 aliphatic rings. The van der Waals surface area contributed by atoms with Gasteiger partial charge in [0.1, 0.15) is 0 Å². The van der Waals surface area contributed by atoms with Crippen molar-refractivity contribution in [1.82, 2.24) is 0 Å². The maximum atomic E-state index is 3.87. The molecule has 0 saturated carbocycles. The van der Waals surface area contributed by atoms with Crippen LogP contribution in [0.4, 0.5) is 0 Å². The normalized spacial score (nSPS) is 14.5. The van der Waals surface area contributed by atoms with Gasteiger partial charge < -0.3 is 0 Å². The Kier molecular flexibility index (Phi) is 5.94. The van der Waals surface area contributed by atoms with E-state index in [9.17, 15) is 0 Å². The van der Waals surface area contributed by atoms with Gasteiger partial charge in [-0.05, 0) is 36.7 Å². The van der Waals surface area contributed by atoms with Crippen LogP contribution in [0.15, 0.2) is 27.6 Å². The summed E-state index contributed by atoms with van der Waals surface area (Å²) in [6.45, 7) is 4.17. The van der Waals surface area contributed by atoms with E-state index in [0.29, 0.717) is 0 Å². The minimum atomic E-state index is 1.24. The topological polar surface area (TPSA) is 12.4 Å². The summed E-state index contributed by atoms with van der Waals surface area (Å²) >= 11 is 1.76. The highest BCUT2D eigenvalue weighted by Crippen LogP contribution is 2.11. The Bertz CT molecular complexity index is 190. The Labute approximate surface area is 73.3 Å². The molecule has 0 atom stereocenters. The number of rotatable bonds is 3. The largest absolute Gasteiger partial charge is 0.297 e. The maximum absolute atomic E-state index is 3.87. The molecule has 62 valence electrons. The van der Waals surface area contributed by atoms with Crippen LogP contribution in [0.25, 0.3) is 0 Å². The molecule has 0 unspecified atom stereocenters. The van der Waals surface area contributed by atoms with Crippen LogP contribution in [-0.4, -0.2) is 19.5 Å². The van der Waals surface area contributed by atoms with Crippen LogP contribution >= 0.6 is 11.8 Å². The molecular formula is C9H15NS. The fraction of sp³-hybridized carbons (Fsp3) is 0.444. The van der Waals surface area contributed by atoms with E-state index in [1.165, 1.54) is 10.5 Å². The SMILES string of the molecule is CN=C/C=C(C)/C=C(/C)SC. The van der Waals surface area contributed by atoms with Crippen molar-refractivity contribution in [1.29, 1.82) is 0 Å². The van der Waals surface area contributed by atoms with Gasteiger partial charge in [-0.25, -0.2) is 0 Å². The first-order valence-corrected chi connectivity index (χ1v) is 4.74. The summed E-state index contributed by atoms with van der Waals surface area (Å²) in [5, 5.41) is 0. The second-order valence-electron chi connectivity index (χ2n) is 2.28. The second kappa shape index (κ2) is 6.23. The lowest BCUT2D eigenvalue weighted by Crippen LogP contribution is -1.73. The van der Waals surface area contributed by atoms with Crippen molar-refractivity contribution in [2.24, 2.45) is 4.99 Å². The van der Waals surface area contributed by atoms with Crippen molar-refractivity contribution in [3.8, 4) is 0 Å². The van der Waals surface area contributed by atoms with Gasteiger partial charge in [-0.2, -0.15) is 0 Å². The standard InChI is InChI=1S/C9H15NS/c1-8(5-6-10-3)7-9(2)11-4/h5-7H,1-4H3/b8-5+,9-7-,10-6?. The van der Waals surface area contributed by atoms with Gasteiger partial charge in [0.25, 0.3) is 0 Å². The first-order valence-electron chi connectivity index (χ1n) is 3.52. The molecule has 0 aromatic rings. The van der Waals surface area contributed by atoms with Crippen LogP contribution in [0, 0.1) is 0 Å². The van der Waals surface area contributed by atoms with Crippen molar-refractivity contribution < 1.29 is 0 Å². The molecule has 0 fully saturated rings. The van der Waals surface area contributed by atoms with E-state index >= 15 is 0 Å². The monoisotopic (exact) mass is 169 g/mol. The van der Waals surface area contributed by atoms with E-state index in [0.717, 1.165) is 0 Å². The number of hydrogen-bond donors (Lipinski definition) is 0. The Morgan fingerprint density at radius 3 is 2.45 bits per heavy atom. The fourth-order valence-electron chi connectivity index (χ4n) is 0.620. The van der Waals surface area contributed by atoms with Gasteiger partial charge in [0.2, 0.25) is 0 Å². The summed E-state index contributed by atoms with van der Waals surface area (Å²) in [5.41, 5.74) is 1.24. The predicted octanol–water partition coefficient (Wildman–Crippen LogP) is 2.90. The average Bonchev–Trinajstić information content (AvgIpc) is 2.00. The molecule has 0 aromatic carbocycles. The van der Waals surface area contributed by atoms with Gasteiger partial charge in [0.05, 0.1) is 0 Å². The maximum Gasteiger partial charge on any atom is 0.0277 e. The summed E-state index contributed by atoms with van der Waals surface area (Å²) in [6.07, 6.45) is 8.03. The third-order valence-corrected chi connectivity index (χ3v) is 2.00. The van der Waals surface area contributed by atoms with Crippen LogP contribution in [0.5, 0.6) is 0 Å². The number of hydrogen-bond acceptors (Lipinski definition) is 2. The molecule has 0 N–H and O–H groups in total. The Balaban J connectivity index is 4.14. The van der Waals surface area contributed by atoms with E-state index < -0.39 is 0 Å². The van der Waals surface area contributed by atoms with E-state index in [1.54, 1.807) is 25.0 Å². The lowest BCUT2D eigenvalue weighted by atomic mass is 10.3. The van der Waals surface area contributed by atoms with Gasteiger partial charge in [-0.15, -0.1) is 11.8 Å². The average molecular weight is 169 g/mol. The van der Waals surface area contributed by atoms with Crippen LogP contribution < -0.4 is 0 Å². The van der Waals surface area contributed by atoms with Gasteiger partial charge in [-0.1, -0.05) is 6.08 Å². The molecule has 0 heterocycles. The highest BCUT2D eigenvalue weighted by atomic mass is 32.2. The smallest absolute Gasteiger partial charge is 0.0277 e. The summed E-state index contributed by atoms with van der Waals surface area (Å²) in [6, 6.07) is 0. The van der Waals surface area contributed by atoms with Crippen molar-refractivity contribution in [3.05, 3.63) is 22.6 Å². The van der Waals surface area contributed by atoms with Crippen molar-refractivity contribution >= 4 is 18.0 Å². The molecule has 2 heteroatoms. The zero-order chi connectivity index (χ0) is 8.69. The summed E-state index contributed by atoms with van der Waals surface area (Å²) < 4.78 is 0. The van der Waals surface area contributed by atoms with E-state index in [4.69, 9.17) is 0 Å². The molecule has 0 aromatic heterocycles. The van der Waals surface area contributed by atoms with E-state index in [1.807, 2.05) is 6.08 Å². The quantitative estimate of drug-likeness (QED) is 0.467. The fourth-order valence-corrected chi connectivity index (χ4v) is 0.924. The number of thioether (sulfide) groups is 1. The van der Waals surface area contributed by atoms with Gasteiger partial charge >= 0.3 is 0 Å². The summed E-state index contributed by atoms with van der Waals surface area (Å²) in [4.78, 5) is 5.19. The minimum Gasteiger partial charge on any atom is -0.297 e. The lowest BCUT2D eigenvalue weighted by molar-refractivity contribution is 1.46. The van der Waals surface area contributed by atoms with Crippen molar-refractivity contribution in [2.45, 2.75) is 13.8 Å². The molecular weight excluding hydrogens is 154 g/mol. The molecule has 0 aliphatic heterocycles. The van der Waals surface area contributed by atoms with E-state index in [2.05, 4.69) is 31.2 Å². The van der Waals surface area contributed by atoms with Gasteiger partial charge in [0.15, 0.2) is 0 Å². The third-order valence-electron chi connectivity index (χ3n) is 1.24. The first kappa shape index (κ1) is 10.5. The predicted molar refractivity (Wildman–Crippen MR) is 55.4 cm³/mol. The Morgan fingerprint density at radius 1 is 1.36 bits per heavy atom. The van der Waals surface area contributed by atoms with Crippen molar-refractivity contribution in [3.63, 3.8) is 0 Å². The third kappa shape index (κ3) is 5.92. The van der Waals surface area contributed by atoms with Crippen LogP contribution in [0.3, 0.4) is 0 Å². The van der Waals surface area contributed by atoms with Gasteiger partial charge in [0, 0.05) is 13.3 Å². The highest BCUT2D eigenvalue weighted by molar-refractivity contribution is 8.02. The molecule has 0 radical (unpaired) electrons. The molecule has 0 aliphatic carbocycles. The zero-order valence-corrected chi connectivity index (χ0v) is 8.40. The first-order chi connectivity index (χ1) is 5.20. The number of allylic oxidation sites excluding steroid dienone is 4. The Hall–Kier alpha value is -0.500. The zero-order valence-electron chi connectivity index (χ0n) is 7.59. The van der Waals surface area contributed by atoms with E-state index in [-0.39, 0.29) is 0 Å². The molecule has 0 spiro atoms. The molecule has 0 rings (SSSR count). The van der Waals surface area contributed by atoms with Crippen molar-refractivity contribution in [2.75, 3.05) is 13.3 Å². The van der Waals surface area contributed by atoms with Gasteiger partial charge in [-0.3, -0.25) is 4.99 Å². The molecule has 0 saturated heterocycles. The van der Waals surface area contributed by atoms with Crippen LogP contribution in [0.2, 0.25) is 0 Å². The minimum absolute atomic E-state index is 1.24. The number of aliphatic imine (C=N–C) groups is 1. The number of nitrogens with zero attached hydrogens (tertiary/aromatic N) is 1. The van der Waals surface area contributed by atoms with Crippen LogP contribution in [0.1, 0.15) is 13.8 Å². The Morgan fingerprint density at radius 2 is 2.00 bits per heavy atom. The molecule has 1 nitrogen and oxygen atoms in total. The molecule has 0 bridgehead atoms.